The summed E-state index contributed by atoms with van der Waals surface area (Å²) in [5, 5.41) is 3.60. The van der Waals surface area contributed by atoms with Crippen LogP contribution < -0.4 is 5.32 Å². The average Bonchev–Trinajstić information content (AvgIpc) is 2.83. The van der Waals surface area contributed by atoms with Crippen molar-refractivity contribution in [3.05, 3.63) is 46.3 Å². The molecule has 0 saturated heterocycles. The Morgan fingerprint density at radius 3 is 2.25 bits per heavy atom. The number of aryl methyl sites for hydroxylation is 2. The summed E-state index contributed by atoms with van der Waals surface area (Å²) >= 11 is 1.92. The summed E-state index contributed by atoms with van der Waals surface area (Å²) in [6.07, 6.45) is 0. The Kier molecular flexibility index (Phi) is 5.00. The molecule has 1 aromatic heterocycles. The lowest BCUT2D eigenvalue weighted by atomic mass is 10.0. The quantitative estimate of drug-likeness (QED) is 0.783. The van der Waals surface area contributed by atoms with E-state index in [0.29, 0.717) is 12.0 Å². The third-order valence-electron chi connectivity index (χ3n) is 3.53. The fraction of sp³-hybridized carbons (Fsp3) is 0.444. The standard InChI is InChI=1S/C18H25NS/c1-6-19-18(12(2)3)17-8-7-16(20-17)15-10-13(4)9-14(5)11-15/h7-12,18-19H,6H2,1-5H3. The Morgan fingerprint density at radius 2 is 1.70 bits per heavy atom. The maximum atomic E-state index is 3.60. The number of benzene rings is 1. The average molecular weight is 287 g/mol. The highest BCUT2D eigenvalue weighted by Gasteiger charge is 2.17. The van der Waals surface area contributed by atoms with E-state index in [1.54, 1.807) is 0 Å². The molecule has 2 aromatic rings. The molecule has 0 aliphatic heterocycles. The first-order valence-electron chi connectivity index (χ1n) is 7.43. The summed E-state index contributed by atoms with van der Waals surface area (Å²) in [7, 11) is 0. The molecular weight excluding hydrogens is 262 g/mol. The molecule has 0 fully saturated rings. The third kappa shape index (κ3) is 3.50. The number of hydrogen-bond acceptors (Lipinski definition) is 2. The first-order chi connectivity index (χ1) is 9.51. The lowest BCUT2D eigenvalue weighted by molar-refractivity contribution is 0.428. The van der Waals surface area contributed by atoms with E-state index in [4.69, 9.17) is 0 Å². The zero-order valence-corrected chi connectivity index (χ0v) is 14.0. The Labute approximate surface area is 127 Å². The summed E-state index contributed by atoms with van der Waals surface area (Å²) in [6.45, 7) is 12.1. The van der Waals surface area contributed by atoms with Gasteiger partial charge in [0.2, 0.25) is 0 Å². The Morgan fingerprint density at radius 1 is 1.05 bits per heavy atom. The maximum absolute atomic E-state index is 3.60. The van der Waals surface area contributed by atoms with Crippen molar-refractivity contribution in [3.63, 3.8) is 0 Å². The molecule has 1 N–H and O–H groups in total. The van der Waals surface area contributed by atoms with E-state index in [-0.39, 0.29) is 0 Å². The number of hydrogen-bond donors (Lipinski definition) is 1. The molecule has 1 nitrogen and oxygen atoms in total. The fourth-order valence-electron chi connectivity index (χ4n) is 2.68. The van der Waals surface area contributed by atoms with Gasteiger partial charge >= 0.3 is 0 Å². The van der Waals surface area contributed by atoms with Gasteiger partial charge in [0.25, 0.3) is 0 Å². The van der Waals surface area contributed by atoms with Crippen LogP contribution in [-0.2, 0) is 0 Å². The molecule has 0 saturated carbocycles. The van der Waals surface area contributed by atoms with Crippen LogP contribution in [0.25, 0.3) is 10.4 Å². The van der Waals surface area contributed by atoms with Crippen LogP contribution in [0, 0.1) is 19.8 Å². The third-order valence-corrected chi connectivity index (χ3v) is 4.75. The van der Waals surface area contributed by atoms with Gasteiger partial charge in [0, 0.05) is 15.8 Å². The Balaban J connectivity index is 2.32. The van der Waals surface area contributed by atoms with Crippen molar-refractivity contribution in [2.24, 2.45) is 5.92 Å². The molecule has 0 radical (unpaired) electrons. The van der Waals surface area contributed by atoms with Gasteiger partial charge in [-0.15, -0.1) is 11.3 Å². The zero-order chi connectivity index (χ0) is 14.7. The van der Waals surface area contributed by atoms with Gasteiger partial charge in [-0.3, -0.25) is 0 Å². The molecule has 1 unspecified atom stereocenters. The predicted molar refractivity (Wildman–Crippen MR) is 90.5 cm³/mol. The molecule has 2 rings (SSSR count). The van der Waals surface area contributed by atoms with Gasteiger partial charge < -0.3 is 5.32 Å². The molecule has 0 bridgehead atoms. The fourth-order valence-corrected chi connectivity index (χ4v) is 3.92. The highest BCUT2D eigenvalue weighted by molar-refractivity contribution is 7.15. The lowest BCUT2D eigenvalue weighted by Gasteiger charge is -2.20. The normalized spacial score (nSPS) is 12.9. The highest BCUT2D eigenvalue weighted by Crippen LogP contribution is 2.34. The monoisotopic (exact) mass is 287 g/mol. The van der Waals surface area contributed by atoms with E-state index in [2.05, 4.69) is 70.3 Å². The second-order valence-electron chi connectivity index (χ2n) is 5.86. The summed E-state index contributed by atoms with van der Waals surface area (Å²) in [6, 6.07) is 11.8. The molecule has 1 heterocycles. The van der Waals surface area contributed by atoms with Crippen LogP contribution in [0.15, 0.2) is 30.3 Å². The minimum absolute atomic E-state index is 0.463. The van der Waals surface area contributed by atoms with Crippen molar-refractivity contribution in [2.75, 3.05) is 6.54 Å². The minimum atomic E-state index is 0.463. The molecule has 0 spiro atoms. The topological polar surface area (TPSA) is 12.0 Å². The van der Waals surface area contributed by atoms with Crippen molar-refractivity contribution in [3.8, 4) is 10.4 Å². The Hall–Kier alpha value is -1.12. The van der Waals surface area contributed by atoms with Crippen LogP contribution in [0.5, 0.6) is 0 Å². The van der Waals surface area contributed by atoms with Gasteiger partial charge in [-0.25, -0.2) is 0 Å². The van der Waals surface area contributed by atoms with Crippen molar-refractivity contribution < 1.29 is 0 Å². The van der Waals surface area contributed by atoms with Crippen LogP contribution in [0.2, 0.25) is 0 Å². The Bertz CT molecular complexity index is 548. The number of rotatable bonds is 5. The molecule has 1 atom stereocenters. The van der Waals surface area contributed by atoms with Gasteiger partial charge in [0.05, 0.1) is 0 Å². The first-order valence-corrected chi connectivity index (χ1v) is 8.24. The van der Waals surface area contributed by atoms with Gasteiger partial charge in [0.1, 0.15) is 0 Å². The van der Waals surface area contributed by atoms with Crippen molar-refractivity contribution in [1.82, 2.24) is 5.32 Å². The molecule has 108 valence electrons. The predicted octanol–water partition coefficient (Wildman–Crippen LogP) is 5.34. The summed E-state index contributed by atoms with van der Waals surface area (Å²) in [4.78, 5) is 2.81. The summed E-state index contributed by atoms with van der Waals surface area (Å²) in [5.74, 6) is 0.612. The molecule has 0 aliphatic carbocycles. The first kappa shape index (κ1) is 15.3. The zero-order valence-electron chi connectivity index (χ0n) is 13.2. The van der Waals surface area contributed by atoms with Crippen molar-refractivity contribution >= 4 is 11.3 Å². The van der Waals surface area contributed by atoms with E-state index in [9.17, 15) is 0 Å². The van der Waals surface area contributed by atoms with E-state index in [1.165, 1.54) is 26.4 Å². The van der Waals surface area contributed by atoms with Crippen LogP contribution in [0.4, 0.5) is 0 Å². The molecule has 0 amide bonds. The molecule has 2 heteroatoms. The lowest BCUT2D eigenvalue weighted by Crippen LogP contribution is -2.24. The van der Waals surface area contributed by atoms with E-state index >= 15 is 0 Å². The molecule has 1 aromatic carbocycles. The number of nitrogens with one attached hydrogen (secondary N) is 1. The second-order valence-corrected chi connectivity index (χ2v) is 6.97. The van der Waals surface area contributed by atoms with Crippen LogP contribution in [0.3, 0.4) is 0 Å². The number of thiophene rings is 1. The largest absolute Gasteiger partial charge is 0.309 e. The summed E-state index contributed by atoms with van der Waals surface area (Å²) in [5.41, 5.74) is 4.02. The maximum Gasteiger partial charge on any atom is 0.0438 e. The smallest absolute Gasteiger partial charge is 0.0438 e. The van der Waals surface area contributed by atoms with E-state index in [1.807, 2.05) is 11.3 Å². The van der Waals surface area contributed by atoms with Crippen LogP contribution >= 0.6 is 11.3 Å². The molecular formula is C18H25NS. The van der Waals surface area contributed by atoms with E-state index in [0.717, 1.165) is 6.54 Å². The molecule has 0 aliphatic rings. The van der Waals surface area contributed by atoms with Gasteiger partial charge in [0.15, 0.2) is 0 Å². The van der Waals surface area contributed by atoms with Crippen molar-refractivity contribution in [2.45, 2.75) is 40.7 Å². The molecule has 20 heavy (non-hydrogen) atoms. The van der Waals surface area contributed by atoms with Gasteiger partial charge in [-0.1, -0.05) is 50.1 Å². The summed E-state index contributed by atoms with van der Waals surface area (Å²) < 4.78 is 0. The SMILES string of the molecule is CCNC(c1ccc(-c2cc(C)cc(C)c2)s1)C(C)C. The van der Waals surface area contributed by atoms with Gasteiger partial charge in [-0.05, 0) is 44.0 Å². The van der Waals surface area contributed by atoms with Crippen LogP contribution in [-0.4, -0.2) is 6.54 Å². The minimum Gasteiger partial charge on any atom is -0.309 e. The van der Waals surface area contributed by atoms with Crippen molar-refractivity contribution in [1.29, 1.82) is 0 Å². The van der Waals surface area contributed by atoms with E-state index < -0.39 is 0 Å². The highest BCUT2D eigenvalue weighted by atomic mass is 32.1. The second kappa shape index (κ2) is 6.55. The van der Waals surface area contributed by atoms with Gasteiger partial charge in [-0.2, -0.15) is 0 Å². The van der Waals surface area contributed by atoms with Crippen LogP contribution in [0.1, 0.15) is 42.8 Å².